The highest BCUT2D eigenvalue weighted by Crippen LogP contribution is 2.24. The summed E-state index contributed by atoms with van der Waals surface area (Å²) >= 11 is 0. The molecular formula is C14H15NO4. The number of hydrogen-bond acceptors (Lipinski definition) is 4. The molecule has 0 spiro atoms. The fraction of sp³-hybridized carbons (Fsp3) is 0.286. The second-order valence-electron chi connectivity index (χ2n) is 4.10. The largest absolute Gasteiger partial charge is 0.465 e. The number of rotatable bonds is 3. The van der Waals surface area contributed by atoms with Crippen molar-refractivity contribution in [1.82, 2.24) is 4.98 Å². The van der Waals surface area contributed by atoms with Crippen molar-refractivity contribution in [2.24, 2.45) is 0 Å². The molecule has 1 N–H and O–H groups in total. The molecule has 5 heteroatoms. The number of carbonyl (C=O) groups is 2. The van der Waals surface area contributed by atoms with E-state index in [1.165, 1.54) is 7.11 Å². The maximum absolute atomic E-state index is 11.9. The van der Waals surface area contributed by atoms with Crippen molar-refractivity contribution in [1.29, 1.82) is 0 Å². The smallest absolute Gasteiger partial charge is 0.340 e. The zero-order valence-electron chi connectivity index (χ0n) is 11.1. The van der Waals surface area contributed by atoms with E-state index in [-0.39, 0.29) is 0 Å². The van der Waals surface area contributed by atoms with Gasteiger partial charge in [-0.25, -0.2) is 9.59 Å². The Morgan fingerprint density at radius 2 is 2.00 bits per heavy atom. The highest BCUT2D eigenvalue weighted by Gasteiger charge is 2.18. The normalized spacial score (nSPS) is 10.5. The summed E-state index contributed by atoms with van der Waals surface area (Å²) < 4.78 is 9.70. The average molecular weight is 261 g/mol. The molecular weight excluding hydrogens is 246 g/mol. The number of benzene rings is 1. The van der Waals surface area contributed by atoms with Crippen LogP contribution in [0.2, 0.25) is 0 Å². The van der Waals surface area contributed by atoms with E-state index in [0.29, 0.717) is 23.1 Å². The third-order valence-electron chi connectivity index (χ3n) is 2.89. The van der Waals surface area contributed by atoms with Crippen LogP contribution in [0.3, 0.4) is 0 Å². The number of nitrogens with one attached hydrogen (secondary N) is 1. The lowest BCUT2D eigenvalue weighted by atomic mass is 10.1. The highest BCUT2D eigenvalue weighted by atomic mass is 16.5. The van der Waals surface area contributed by atoms with Crippen molar-refractivity contribution in [3.63, 3.8) is 0 Å². The molecule has 0 aliphatic carbocycles. The Labute approximate surface area is 110 Å². The van der Waals surface area contributed by atoms with Crippen LogP contribution in [0.1, 0.15) is 33.3 Å². The molecule has 2 aromatic rings. The molecule has 0 unspecified atom stereocenters. The summed E-state index contributed by atoms with van der Waals surface area (Å²) in [5.74, 6) is -0.830. The SMILES string of the molecule is CCOC(=O)c1c(C)[nH]c2ccc(C(=O)OC)cc12. The summed E-state index contributed by atoms with van der Waals surface area (Å²) in [5, 5.41) is 0.666. The van der Waals surface area contributed by atoms with Crippen molar-refractivity contribution >= 4 is 22.8 Å². The molecule has 0 saturated carbocycles. The maximum Gasteiger partial charge on any atom is 0.340 e. The molecule has 0 bridgehead atoms. The number of fused-ring (bicyclic) bond motifs is 1. The first-order valence-electron chi connectivity index (χ1n) is 5.96. The maximum atomic E-state index is 11.9. The number of aryl methyl sites for hydroxylation is 1. The van der Waals surface area contributed by atoms with Crippen LogP contribution in [0.15, 0.2) is 18.2 Å². The second kappa shape index (κ2) is 5.14. The quantitative estimate of drug-likeness (QED) is 0.862. The Bertz CT molecular complexity index is 642. The van der Waals surface area contributed by atoms with Gasteiger partial charge in [0.15, 0.2) is 0 Å². The van der Waals surface area contributed by atoms with E-state index >= 15 is 0 Å². The molecule has 0 aliphatic rings. The number of aromatic nitrogens is 1. The van der Waals surface area contributed by atoms with Gasteiger partial charge in [0.25, 0.3) is 0 Å². The Kier molecular flexibility index (Phi) is 3.55. The zero-order chi connectivity index (χ0) is 14.0. The van der Waals surface area contributed by atoms with Gasteiger partial charge in [-0.15, -0.1) is 0 Å². The molecule has 100 valence electrons. The van der Waals surface area contributed by atoms with E-state index in [0.717, 1.165) is 11.2 Å². The predicted octanol–water partition coefficient (Wildman–Crippen LogP) is 2.44. The number of esters is 2. The molecule has 5 nitrogen and oxygen atoms in total. The molecule has 19 heavy (non-hydrogen) atoms. The van der Waals surface area contributed by atoms with Gasteiger partial charge in [0, 0.05) is 16.6 Å². The number of carbonyl (C=O) groups excluding carboxylic acids is 2. The van der Waals surface area contributed by atoms with Crippen LogP contribution in [-0.4, -0.2) is 30.6 Å². The van der Waals surface area contributed by atoms with Gasteiger partial charge in [-0.1, -0.05) is 0 Å². The first-order valence-corrected chi connectivity index (χ1v) is 5.96. The minimum Gasteiger partial charge on any atom is -0.465 e. The summed E-state index contributed by atoms with van der Waals surface area (Å²) in [4.78, 5) is 26.6. The minimum atomic E-state index is -0.435. The first kappa shape index (κ1) is 13.1. The van der Waals surface area contributed by atoms with Crippen LogP contribution >= 0.6 is 0 Å². The van der Waals surface area contributed by atoms with Crippen LogP contribution in [0.4, 0.5) is 0 Å². The van der Waals surface area contributed by atoms with Crippen molar-refractivity contribution in [3.8, 4) is 0 Å². The number of methoxy groups -OCH3 is 1. The van der Waals surface area contributed by atoms with E-state index in [1.807, 2.05) is 0 Å². The molecule has 1 heterocycles. The summed E-state index contributed by atoms with van der Waals surface area (Å²) in [7, 11) is 1.32. The second-order valence-corrected chi connectivity index (χ2v) is 4.10. The third kappa shape index (κ3) is 2.31. The standard InChI is InChI=1S/C14H15NO4/c1-4-19-14(17)12-8(2)15-11-6-5-9(7-10(11)12)13(16)18-3/h5-7,15H,4H2,1-3H3. The van der Waals surface area contributed by atoms with Gasteiger partial charge in [-0.05, 0) is 32.0 Å². The molecule has 2 rings (SSSR count). The van der Waals surface area contributed by atoms with E-state index < -0.39 is 11.9 Å². The Morgan fingerprint density at radius 3 is 2.63 bits per heavy atom. The summed E-state index contributed by atoms with van der Waals surface area (Å²) in [6, 6.07) is 5.03. The number of aromatic amines is 1. The highest BCUT2D eigenvalue weighted by molar-refractivity contribution is 6.07. The van der Waals surface area contributed by atoms with Crippen molar-refractivity contribution in [2.45, 2.75) is 13.8 Å². The molecule has 0 fully saturated rings. The fourth-order valence-electron chi connectivity index (χ4n) is 2.04. The van der Waals surface area contributed by atoms with E-state index in [1.54, 1.807) is 32.0 Å². The molecule has 1 aromatic heterocycles. The minimum absolute atomic E-state index is 0.307. The van der Waals surface area contributed by atoms with Gasteiger partial charge in [0.1, 0.15) is 0 Å². The predicted molar refractivity (Wildman–Crippen MR) is 70.3 cm³/mol. The molecule has 0 radical (unpaired) electrons. The van der Waals surface area contributed by atoms with Gasteiger partial charge >= 0.3 is 11.9 Å². The van der Waals surface area contributed by atoms with Gasteiger partial charge < -0.3 is 14.5 Å². The van der Waals surface area contributed by atoms with Crippen molar-refractivity contribution in [3.05, 3.63) is 35.0 Å². The van der Waals surface area contributed by atoms with Gasteiger partial charge in [-0.2, -0.15) is 0 Å². The Hall–Kier alpha value is -2.30. The summed E-state index contributed by atoms with van der Waals surface area (Å²) in [6.45, 7) is 3.85. The van der Waals surface area contributed by atoms with Crippen molar-refractivity contribution < 1.29 is 19.1 Å². The molecule has 0 amide bonds. The van der Waals surface area contributed by atoms with Gasteiger partial charge in [0.2, 0.25) is 0 Å². The van der Waals surface area contributed by atoms with Crippen molar-refractivity contribution in [2.75, 3.05) is 13.7 Å². The van der Waals surface area contributed by atoms with Crippen LogP contribution < -0.4 is 0 Å². The monoisotopic (exact) mass is 261 g/mol. The van der Waals surface area contributed by atoms with E-state index in [4.69, 9.17) is 4.74 Å². The van der Waals surface area contributed by atoms with E-state index in [9.17, 15) is 9.59 Å². The van der Waals surface area contributed by atoms with Gasteiger partial charge in [-0.3, -0.25) is 0 Å². The number of H-pyrrole nitrogens is 1. The summed E-state index contributed by atoms with van der Waals surface area (Å²) in [5.41, 5.74) is 2.37. The van der Waals surface area contributed by atoms with Gasteiger partial charge in [0.05, 0.1) is 24.8 Å². The Balaban J connectivity index is 2.59. The molecule has 0 saturated heterocycles. The lowest BCUT2D eigenvalue weighted by Gasteiger charge is -2.03. The topological polar surface area (TPSA) is 68.4 Å². The molecule has 0 atom stereocenters. The summed E-state index contributed by atoms with van der Waals surface area (Å²) in [6.07, 6.45) is 0. The average Bonchev–Trinajstić information content (AvgIpc) is 2.72. The lowest BCUT2D eigenvalue weighted by molar-refractivity contribution is 0.0526. The van der Waals surface area contributed by atoms with Crippen LogP contribution in [0.25, 0.3) is 10.9 Å². The lowest BCUT2D eigenvalue weighted by Crippen LogP contribution is -2.06. The molecule has 1 aromatic carbocycles. The van der Waals surface area contributed by atoms with Crippen LogP contribution in [0, 0.1) is 6.92 Å². The zero-order valence-corrected chi connectivity index (χ0v) is 11.1. The third-order valence-corrected chi connectivity index (χ3v) is 2.89. The fourth-order valence-corrected chi connectivity index (χ4v) is 2.04. The number of ether oxygens (including phenoxy) is 2. The van der Waals surface area contributed by atoms with Crippen LogP contribution in [0.5, 0.6) is 0 Å². The first-order chi connectivity index (χ1) is 9.08. The molecule has 0 aliphatic heterocycles. The van der Waals surface area contributed by atoms with Crippen LogP contribution in [-0.2, 0) is 9.47 Å². The number of hydrogen-bond donors (Lipinski definition) is 1. The van der Waals surface area contributed by atoms with E-state index in [2.05, 4.69) is 9.72 Å². The Morgan fingerprint density at radius 1 is 1.26 bits per heavy atom.